The molecule has 0 fully saturated rings. The third-order valence-electron chi connectivity index (χ3n) is 4.41. The Kier molecular flexibility index (Phi) is 6.20. The monoisotopic (exact) mass is 397 g/mol. The molecule has 1 N–H and O–H groups in total. The Labute approximate surface area is 165 Å². The van der Waals surface area contributed by atoms with Gasteiger partial charge >= 0.3 is 0 Å². The fourth-order valence-corrected chi connectivity index (χ4v) is 3.64. The highest BCUT2D eigenvalue weighted by Crippen LogP contribution is 2.17. The van der Waals surface area contributed by atoms with E-state index in [0.29, 0.717) is 5.82 Å². The predicted octanol–water partition coefficient (Wildman–Crippen LogP) is 2.91. The van der Waals surface area contributed by atoms with Crippen molar-refractivity contribution >= 4 is 21.7 Å². The molecule has 0 aliphatic heterocycles. The summed E-state index contributed by atoms with van der Waals surface area (Å²) in [5.74, 6) is 0.857. The molecule has 7 nitrogen and oxygen atoms in total. The van der Waals surface area contributed by atoms with E-state index in [4.69, 9.17) is 0 Å². The van der Waals surface area contributed by atoms with Gasteiger partial charge in [-0.2, -0.15) is 0 Å². The minimum absolute atomic E-state index is 0.186. The average Bonchev–Trinajstić information content (AvgIpc) is 2.73. The number of nitrogens with one attached hydrogen (secondary N) is 1. The molecule has 0 unspecified atom stereocenters. The first-order valence-corrected chi connectivity index (χ1v) is 10.5. The number of pyridine rings is 1. The quantitative estimate of drug-likeness (QED) is 0.629. The molecule has 0 bridgehead atoms. The highest BCUT2D eigenvalue weighted by Gasteiger charge is 2.15. The number of rotatable bonds is 8. The van der Waals surface area contributed by atoms with Crippen LogP contribution in [-0.2, 0) is 22.9 Å². The van der Waals surface area contributed by atoms with Gasteiger partial charge in [-0.25, -0.2) is 8.42 Å². The first-order chi connectivity index (χ1) is 13.5. The number of sulfonamides is 1. The molecule has 0 aliphatic rings. The average molecular weight is 398 g/mol. The van der Waals surface area contributed by atoms with Crippen molar-refractivity contribution in [2.75, 3.05) is 23.2 Å². The third kappa shape index (κ3) is 5.04. The Hall–Kier alpha value is -3.00. The van der Waals surface area contributed by atoms with Gasteiger partial charge in [0.25, 0.3) is 10.0 Å². The maximum Gasteiger partial charge on any atom is 0.263 e. The molecule has 0 amide bonds. The van der Waals surface area contributed by atoms with Gasteiger partial charge in [-0.15, -0.1) is 10.2 Å². The van der Waals surface area contributed by atoms with Crippen molar-refractivity contribution in [3.63, 3.8) is 0 Å². The summed E-state index contributed by atoms with van der Waals surface area (Å²) in [4.78, 5) is 6.17. The van der Waals surface area contributed by atoms with E-state index in [0.717, 1.165) is 24.9 Å². The number of likely N-dealkylation sites (N-methyl/N-ethyl adjacent to an activating group) is 1. The van der Waals surface area contributed by atoms with Crippen molar-refractivity contribution in [3.8, 4) is 0 Å². The zero-order chi connectivity index (χ0) is 20.0. The highest BCUT2D eigenvalue weighted by molar-refractivity contribution is 7.92. The number of benzene rings is 1. The first-order valence-electron chi connectivity index (χ1n) is 9.03. The second-order valence-corrected chi connectivity index (χ2v) is 8.09. The molecular formula is C20H23N5O2S. The summed E-state index contributed by atoms with van der Waals surface area (Å²) in [6.07, 6.45) is 5.25. The van der Waals surface area contributed by atoms with Gasteiger partial charge in [-0.3, -0.25) is 9.71 Å². The second kappa shape index (κ2) is 8.79. The van der Waals surface area contributed by atoms with Crippen LogP contribution >= 0.6 is 0 Å². The number of anilines is 2. The lowest BCUT2D eigenvalue weighted by atomic mass is 10.2. The lowest BCUT2D eigenvalue weighted by Crippen LogP contribution is -2.22. The Bertz CT molecular complexity index is 991. The molecule has 8 heteroatoms. The fraction of sp³-hybridized carbons (Fsp3) is 0.250. The Morgan fingerprint density at radius 1 is 0.929 bits per heavy atom. The molecule has 0 spiro atoms. The van der Waals surface area contributed by atoms with Crippen LogP contribution in [-0.4, -0.2) is 37.2 Å². The van der Waals surface area contributed by atoms with E-state index in [2.05, 4.69) is 19.9 Å². The van der Waals surface area contributed by atoms with Gasteiger partial charge in [0, 0.05) is 26.0 Å². The van der Waals surface area contributed by atoms with Gasteiger partial charge in [0.15, 0.2) is 11.6 Å². The Morgan fingerprint density at radius 3 is 2.25 bits per heavy atom. The summed E-state index contributed by atoms with van der Waals surface area (Å²) < 4.78 is 27.4. The van der Waals surface area contributed by atoms with E-state index in [1.807, 2.05) is 31.0 Å². The van der Waals surface area contributed by atoms with Gasteiger partial charge in [0.2, 0.25) is 0 Å². The summed E-state index contributed by atoms with van der Waals surface area (Å²) in [7, 11) is -1.77. The zero-order valence-corrected chi connectivity index (χ0v) is 16.7. The SMILES string of the molecule is CCc1ccc(S(=O)(=O)Nc2ccc(N(C)CCc3ccncc3)nn2)cc1. The van der Waals surface area contributed by atoms with Crippen LogP contribution in [0, 0.1) is 0 Å². The van der Waals surface area contributed by atoms with E-state index in [-0.39, 0.29) is 10.7 Å². The molecule has 2 aromatic heterocycles. The van der Waals surface area contributed by atoms with Crippen molar-refractivity contribution < 1.29 is 8.42 Å². The molecule has 2 heterocycles. The van der Waals surface area contributed by atoms with E-state index < -0.39 is 10.0 Å². The molecule has 146 valence electrons. The summed E-state index contributed by atoms with van der Waals surface area (Å²) in [6, 6.07) is 14.1. The summed E-state index contributed by atoms with van der Waals surface area (Å²) >= 11 is 0. The molecule has 28 heavy (non-hydrogen) atoms. The lowest BCUT2D eigenvalue weighted by Gasteiger charge is -2.17. The third-order valence-corrected chi connectivity index (χ3v) is 5.78. The summed E-state index contributed by atoms with van der Waals surface area (Å²) in [5.41, 5.74) is 2.27. The van der Waals surface area contributed by atoms with E-state index in [1.165, 1.54) is 5.56 Å². The van der Waals surface area contributed by atoms with E-state index in [1.54, 1.807) is 48.8 Å². The van der Waals surface area contributed by atoms with Gasteiger partial charge in [-0.1, -0.05) is 19.1 Å². The minimum Gasteiger partial charge on any atom is -0.358 e. The van der Waals surface area contributed by atoms with Crippen LogP contribution in [0.4, 0.5) is 11.6 Å². The van der Waals surface area contributed by atoms with Gasteiger partial charge in [0.05, 0.1) is 4.90 Å². The van der Waals surface area contributed by atoms with Crippen LogP contribution < -0.4 is 9.62 Å². The van der Waals surface area contributed by atoms with Crippen LogP contribution in [0.5, 0.6) is 0 Å². The highest BCUT2D eigenvalue weighted by atomic mass is 32.2. The summed E-state index contributed by atoms with van der Waals surface area (Å²) in [6.45, 7) is 2.78. The topological polar surface area (TPSA) is 88.1 Å². The molecule has 0 saturated carbocycles. The number of hydrogen-bond donors (Lipinski definition) is 1. The molecule has 3 aromatic rings. The van der Waals surface area contributed by atoms with Crippen LogP contribution in [0.2, 0.25) is 0 Å². The number of aromatic nitrogens is 3. The van der Waals surface area contributed by atoms with Gasteiger partial charge < -0.3 is 4.90 Å². The van der Waals surface area contributed by atoms with Crippen molar-refractivity contribution in [1.82, 2.24) is 15.2 Å². The Balaban J connectivity index is 1.63. The molecule has 0 aliphatic carbocycles. The normalized spacial score (nSPS) is 11.2. The molecule has 0 radical (unpaired) electrons. The van der Waals surface area contributed by atoms with Crippen LogP contribution in [0.3, 0.4) is 0 Å². The standard InChI is InChI=1S/C20H23N5O2S/c1-3-16-4-6-18(7-5-16)28(26,27)24-19-8-9-20(23-22-19)25(2)15-12-17-10-13-21-14-11-17/h4-11,13-14H,3,12,15H2,1-2H3,(H,22,24). The van der Waals surface area contributed by atoms with Gasteiger partial charge in [0.1, 0.15) is 0 Å². The second-order valence-electron chi connectivity index (χ2n) is 6.41. The zero-order valence-electron chi connectivity index (χ0n) is 15.9. The van der Waals surface area contributed by atoms with E-state index >= 15 is 0 Å². The summed E-state index contributed by atoms with van der Waals surface area (Å²) in [5, 5.41) is 8.14. The molecule has 0 atom stereocenters. The largest absolute Gasteiger partial charge is 0.358 e. The minimum atomic E-state index is -3.69. The van der Waals surface area contributed by atoms with E-state index in [9.17, 15) is 8.42 Å². The maximum atomic E-state index is 12.5. The van der Waals surface area contributed by atoms with Crippen molar-refractivity contribution in [3.05, 3.63) is 72.1 Å². The molecule has 1 aromatic carbocycles. The van der Waals surface area contributed by atoms with Crippen LogP contribution in [0.1, 0.15) is 18.1 Å². The molecule has 3 rings (SSSR count). The maximum absolute atomic E-state index is 12.5. The van der Waals surface area contributed by atoms with Gasteiger partial charge in [-0.05, 0) is 60.4 Å². The van der Waals surface area contributed by atoms with Crippen molar-refractivity contribution in [2.24, 2.45) is 0 Å². The predicted molar refractivity (Wildman–Crippen MR) is 110 cm³/mol. The van der Waals surface area contributed by atoms with Crippen LogP contribution in [0.25, 0.3) is 0 Å². The van der Waals surface area contributed by atoms with Crippen molar-refractivity contribution in [2.45, 2.75) is 24.7 Å². The number of nitrogens with zero attached hydrogens (tertiary/aromatic N) is 4. The molecule has 0 saturated heterocycles. The fourth-order valence-electron chi connectivity index (χ4n) is 2.64. The van der Waals surface area contributed by atoms with Crippen molar-refractivity contribution in [1.29, 1.82) is 0 Å². The number of hydrogen-bond acceptors (Lipinski definition) is 6. The Morgan fingerprint density at radius 2 is 1.64 bits per heavy atom. The molecular weight excluding hydrogens is 374 g/mol. The smallest absolute Gasteiger partial charge is 0.263 e. The first kappa shape index (κ1) is 19.8. The lowest BCUT2D eigenvalue weighted by molar-refractivity contribution is 0.601. The number of aryl methyl sites for hydroxylation is 1. The van der Waals surface area contributed by atoms with Crippen LogP contribution in [0.15, 0.2) is 65.8 Å².